The first-order chi connectivity index (χ1) is 12.1. The van der Waals surface area contributed by atoms with Gasteiger partial charge < -0.3 is 21.1 Å². The highest BCUT2D eigenvalue weighted by molar-refractivity contribution is 5.75. The van der Waals surface area contributed by atoms with Gasteiger partial charge in [0.15, 0.2) is 0 Å². The summed E-state index contributed by atoms with van der Waals surface area (Å²) in [7, 11) is 0. The molecule has 2 aliphatic rings. The largest absolute Gasteiger partial charge is 0.488 e. The molecule has 2 aliphatic heterocycles. The molecule has 2 aromatic carbocycles. The van der Waals surface area contributed by atoms with E-state index < -0.39 is 0 Å². The topological polar surface area (TPSA) is 59.3 Å². The summed E-state index contributed by atoms with van der Waals surface area (Å²) in [4.78, 5) is 0. The predicted octanol–water partition coefficient (Wildman–Crippen LogP) is 2.90. The van der Waals surface area contributed by atoms with E-state index in [9.17, 15) is 4.39 Å². The minimum absolute atomic E-state index is 0.130. The molecule has 0 spiro atoms. The van der Waals surface area contributed by atoms with Crippen molar-refractivity contribution in [1.82, 2.24) is 10.6 Å². The number of ether oxygens (including phenoxy) is 1. The van der Waals surface area contributed by atoms with Crippen LogP contribution in [0.3, 0.4) is 0 Å². The molecular weight excluding hydrogens is 317 g/mol. The van der Waals surface area contributed by atoms with E-state index >= 15 is 0 Å². The van der Waals surface area contributed by atoms with E-state index in [4.69, 9.17) is 10.5 Å². The van der Waals surface area contributed by atoms with Crippen molar-refractivity contribution < 1.29 is 9.13 Å². The third kappa shape index (κ3) is 3.07. The van der Waals surface area contributed by atoms with Crippen molar-refractivity contribution in [2.45, 2.75) is 26.0 Å². The quantitative estimate of drug-likeness (QED) is 0.805. The van der Waals surface area contributed by atoms with E-state index in [0.717, 1.165) is 47.5 Å². The third-order valence-corrected chi connectivity index (χ3v) is 4.83. The van der Waals surface area contributed by atoms with E-state index in [0.29, 0.717) is 17.9 Å². The van der Waals surface area contributed by atoms with Gasteiger partial charge in [0, 0.05) is 24.2 Å². The lowest BCUT2D eigenvalue weighted by Gasteiger charge is -2.23. The summed E-state index contributed by atoms with van der Waals surface area (Å²) in [6.45, 7) is 4.32. The van der Waals surface area contributed by atoms with Crippen molar-refractivity contribution >= 4 is 6.08 Å². The van der Waals surface area contributed by atoms with Crippen LogP contribution in [0.4, 0.5) is 4.39 Å². The maximum absolute atomic E-state index is 14.5. The van der Waals surface area contributed by atoms with Gasteiger partial charge in [0.2, 0.25) is 0 Å². The van der Waals surface area contributed by atoms with Crippen molar-refractivity contribution in [1.29, 1.82) is 0 Å². The van der Waals surface area contributed by atoms with E-state index in [-0.39, 0.29) is 11.9 Å². The first kappa shape index (κ1) is 16.0. The zero-order chi connectivity index (χ0) is 17.4. The van der Waals surface area contributed by atoms with Crippen LogP contribution >= 0.6 is 0 Å². The van der Waals surface area contributed by atoms with Gasteiger partial charge in [-0.15, -0.1) is 0 Å². The second-order valence-corrected chi connectivity index (χ2v) is 6.66. The molecule has 4 rings (SSSR count). The lowest BCUT2D eigenvalue weighted by molar-refractivity contribution is 0.222. The van der Waals surface area contributed by atoms with Crippen LogP contribution in [0.1, 0.15) is 23.1 Å². The van der Waals surface area contributed by atoms with Gasteiger partial charge >= 0.3 is 0 Å². The van der Waals surface area contributed by atoms with E-state index in [1.165, 1.54) is 6.07 Å². The summed E-state index contributed by atoms with van der Waals surface area (Å²) in [5, 5.41) is 6.45. The molecular formula is C20H22FN3O. The number of nitrogens with one attached hydrogen (secondary N) is 2. The molecule has 0 aromatic heterocycles. The van der Waals surface area contributed by atoms with Gasteiger partial charge in [-0.2, -0.15) is 0 Å². The number of fused-ring (bicyclic) bond motifs is 1. The summed E-state index contributed by atoms with van der Waals surface area (Å²) in [6, 6.07) is 9.13. The summed E-state index contributed by atoms with van der Waals surface area (Å²) in [6.07, 6.45) is 2.99. The number of benzene rings is 2. The fourth-order valence-electron chi connectivity index (χ4n) is 3.55. The monoisotopic (exact) mass is 339 g/mol. The van der Waals surface area contributed by atoms with Crippen molar-refractivity contribution in [3.05, 3.63) is 58.7 Å². The molecule has 0 aliphatic carbocycles. The molecule has 0 radical (unpaired) electrons. The molecule has 0 amide bonds. The Bertz CT molecular complexity index is 821. The van der Waals surface area contributed by atoms with Crippen LogP contribution in [0.25, 0.3) is 17.2 Å². The number of halogens is 1. The molecule has 25 heavy (non-hydrogen) atoms. The Labute approximate surface area is 146 Å². The van der Waals surface area contributed by atoms with E-state index in [1.54, 1.807) is 6.07 Å². The standard InChI is InChI=1S/C20H22FN3O/c1-12-3-2-4-17(21)20(12)13-7-14-10-24-19(22)9-16(14)18(8-13)25-15-5-6-23-11-15/h2-4,7-9,15,23-24H,5-6,10-11,22H2,1H3/t15-/m1/s1. The number of rotatable bonds is 3. The van der Waals surface area contributed by atoms with Gasteiger partial charge in [0.25, 0.3) is 0 Å². The van der Waals surface area contributed by atoms with Gasteiger partial charge in [-0.05, 0) is 60.9 Å². The van der Waals surface area contributed by atoms with Crippen LogP contribution in [-0.4, -0.2) is 19.2 Å². The van der Waals surface area contributed by atoms with Gasteiger partial charge in [-0.3, -0.25) is 0 Å². The Balaban J connectivity index is 1.84. The average Bonchev–Trinajstić information content (AvgIpc) is 3.08. The van der Waals surface area contributed by atoms with Gasteiger partial charge in [0.05, 0.1) is 5.82 Å². The molecule has 5 heteroatoms. The molecule has 0 unspecified atom stereocenters. The molecule has 1 atom stereocenters. The Morgan fingerprint density at radius 1 is 1.28 bits per heavy atom. The predicted molar refractivity (Wildman–Crippen MR) is 97.5 cm³/mol. The highest BCUT2D eigenvalue weighted by Crippen LogP contribution is 2.36. The SMILES string of the molecule is Cc1cccc(F)c1-c1cc2c(c(O[C@@H]3CCNC3)c1)C=C(N)NC2. The molecule has 2 aromatic rings. The molecule has 0 bridgehead atoms. The Kier molecular flexibility index (Phi) is 4.09. The fourth-order valence-corrected chi connectivity index (χ4v) is 3.55. The molecule has 4 nitrogen and oxygen atoms in total. The van der Waals surface area contributed by atoms with Crippen LogP contribution in [-0.2, 0) is 6.54 Å². The number of aryl methyl sites for hydroxylation is 1. The average molecular weight is 339 g/mol. The molecule has 2 heterocycles. The molecule has 4 N–H and O–H groups in total. The van der Waals surface area contributed by atoms with Crippen LogP contribution < -0.4 is 21.1 Å². The molecule has 1 saturated heterocycles. The summed E-state index contributed by atoms with van der Waals surface area (Å²) < 4.78 is 20.7. The molecule has 0 saturated carbocycles. The summed E-state index contributed by atoms with van der Waals surface area (Å²) in [5.74, 6) is 1.18. The minimum Gasteiger partial charge on any atom is -0.488 e. The van der Waals surface area contributed by atoms with Crippen LogP contribution in [0, 0.1) is 12.7 Å². The Morgan fingerprint density at radius 2 is 2.16 bits per heavy atom. The second-order valence-electron chi connectivity index (χ2n) is 6.66. The van der Waals surface area contributed by atoms with Crippen LogP contribution in [0.15, 0.2) is 36.2 Å². The van der Waals surface area contributed by atoms with E-state index in [1.807, 2.05) is 31.2 Å². The van der Waals surface area contributed by atoms with Crippen LogP contribution in [0.5, 0.6) is 5.75 Å². The number of hydrogen-bond donors (Lipinski definition) is 3. The first-order valence-electron chi connectivity index (χ1n) is 8.62. The Morgan fingerprint density at radius 3 is 2.92 bits per heavy atom. The maximum Gasteiger partial charge on any atom is 0.131 e. The lowest BCUT2D eigenvalue weighted by Crippen LogP contribution is -2.25. The van der Waals surface area contributed by atoms with E-state index in [2.05, 4.69) is 10.6 Å². The van der Waals surface area contributed by atoms with Crippen molar-refractivity contribution in [2.24, 2.45) is 5.73 Å². The fraction of sp³-hybridized carbons (Fsp3) is 0.300. The zero-order valence-electron chi connectivity index (χ0n) is 14.2. The maximum atomic E-state index is 14.5. The smallest absolute Gasteiger partial charge is 0.131 e. The summed E-state index contributed by atoms with van der Waals surface area (Å²) in [5.41, 5.74) is 10.4. The second kappa shape index (κ2) is 6.41. The molecule has 130 valence electrons. The third-order valence-electron chi connectivity index (χ3n) is 4.83. The normalized spacial score (nSPS) is 19.1. The highest BCUT2D eigenvalue weighted by Gasteiger charge is 2.22. The minimum atomic E-state index is -0.216. The first-order valence-corrected chi connectivity index (χ1v) is 8.62. The summed E-state index contributed by atoms with van der Waals surface area (Å²) >= 11 is 0. The van der Waals surface area contributed by atoms with Gasteiger partial charge in [0.1, 0.15) is 17.7 Å². The number of hydrogen-bond acceptors (Lipinski definition) is 4. The van der Waals surface area contributed by atoms with Crippen molar-refractivity contribution in [3.63, 3.8) is 0 Å². The van der Waals surface area contributed by atoms with Crippen molar-refractivity contribution in [3.8, 4) is 16.9 Å². The highest BCUT2D eigenvalue weighted by atomic mass is 19.1. The van der Waals surface area contributed by atoms with Gasteiger partial charge in [-0.1, -0.05) is 12.1 Å². The van der Waals surface area contributed by atoms with Crippen molar-refractivity contribution in [2.75, 3.05) is 13.1 Å². The Hall–Kier alpha value is -2.53. The van der Waals surface area contributed by atoms with Crippen LogP contribution in [0.2, 0.25) is 0 Å². The molecule has 1 fully saturated rings. The zero-order valence-corrected chi connectivity index (χ0v) is 14.2. The lowest BCUT2D eigenvalue weighted by atomic mass is 9.93. The van der Waals surface area contributed by atoms with Gasteiger partial charge in [-0.25, -0.2) is 4.39 Å². The number of nitrogens with two attached hydrogens (primary N) is 1.